The van der Waals surface area contributed by atoms with Crippen LogP contribution < -0.4 is 4.74 Å². The van der Waals surface area contributed by atoms with Gasteiger partial charge in [-0.1, -0.05) is 36.8 Å². The van der Waals surface area contributed by atoms with Crippen LogP contribution in [0.5, 0.6) is 5.75 Å². The lowest BCUT2D eigenvalue weighted by Gasteiger charge is -2.52. The van der Waals surface area contributed by atoms with Crippen LogP contribution in [0.15, 0.2) is 48.7 Å². The highest BCUT2D eigenvalue weighted by atomic mass is 16.5. The van der Waals surface area contributed by atoms with Crippen LogP contribution in [0.1, 0.15) is 43.4 Å². The number of ether oxygens (including phenoxy) is 1. The van der Waals surface area contributed by atoms with Crippen molar-refractivity contribution in [3.05, 3.63) is 59.9 Å². The lowest BCUT2D eigenvalue weighted by atomic mass is 9.73. The molecule has 2 bridgehead atoms. The predicted molar refractivity (Wildman–Crippen MR) is 97.3 cm³/mol. The highest BCUT2D eigenvalue weighted by Crippen LogP contribution is 2.46. The third-order valence-corrected chi connectivity index (χ3v) is 5.80. The van der Waals surface area contributed by atoms with E-state index in [1.54, 1.807) is 13.3 Å². The number of fused-ring (bicyclic) bond motifs is 2. The Hall–Kier alpha value is -1.91. The minimum atomic E-state index is -0.893. The van der Waals surface area contributed by atoms with E-state index in [4.69, 9.17) is 4.74 Å². The Kier molecular flexibility index (Phi) is 4.48. The van der Waals surface area contributed by atoms with E-state index in [1.807, 2.05) is 12.1 Å². The average molecular weight is 338 g/mol. The van der Waals surface area contributed by atoms with E-state index in [2.05, 4.69) is 40.2 Å². The van der Waals surface area contributed by atoms with Gasteiger partial charge in [0.25, 0.3) is 0 Å². The Morgan fingerprint density at radius 3 is 2.52 bits per heavy atom. The van der Waals surface area contributed by atoms with Gasteiger partial charge in [-0.3, -0.25) is 9.88 Å². The highest BCUT2D eigenvalue weighted by molar-refractivity contribution is 5.33. The molecule has 1 aromatic heterocycles. The normalized spacial score (nSPS) is 29.4. The fourth-order valence-electron chi connectivity index (χ4n) is 4.67. The number of methoxy groups -OCH3 is 1. The van der Waals surface area contributed by atoms with E-state index in [0.717, 1.165) is 32.2 Å². The zero-order valence-electron chi connectivity index (χ0n) is 14.8. The van der Waals surface area contributed by atoms with Gasteiger partial charge in [-0.15, -0.1) is 0 Å². The van der Waals surface area contributed by atoms with Crippen molar-refractivity contribution >= 4 is 0 Å². The first-order valence-electron chi connectivity index (χ1n) is 9.21. The molecule has 4 nitrogen and oxygen atoms in total. The van der Waals surface area contributed by atoms with Crippen molar-refractivity contribution in [3.8, 4) is 5.75 Å². The number of piperidine rings is 2. The number of pyridine rings is 1. The van der Waals surface area contributed by atoms with Crippen LogP contribution in [0.4, 0.5) is 0 Å². The molecule has 132 valence electrons. The Morgan fingerprint density at radius 1 is 1.12 bits per heavy atom. The molecule has 25 heavy (non-hydrogen) atoms. The summed E-state index contributed by atoms with van der Waals surface area (Å²) < 4.78 is 5.47. The second-order valence-corrected chi connectivity index (χ2v) is 7.39. The van der Waals surface area contributed by atoms with Crippen molar-refractivity contribution in [2.75, 3.05) is 7.11 Å². The van der Waals surface area contributed by atoms with Gasteiger partial charge >= 0.3 is 0 Å². The summed E-state index contributed by atoms with van der Waals surface area (Å²) in [6, 6.07) is 15.2. The Balaban J connectivity index is 1.60. The Labute approximate surface area is 149 Å². The molecule has 0 radical (unpaired) electrons. The largest absolute Gasteiger partial charge is 0.495 e. The molecule has 0 amide bonds. The standard InChI is InChI=1S/C21H26N2O2/c1-25-19-11-6-12-22-20(19)21(24)13-17-9-5-10-18(14-21)23(17)15-16-7-3-2-4-8-16/h2-4,6-8,11-12,17-18,24H,5,9-10,13-15H2,1H3. The van der Waals surface area contributed by atoms with Crippen molar-refractivity contribution < 1.29 is 9.84 Å². The Morgan fingerprint density at radius 2 is 1.84 bits per heavy atom. The van der Waals surface area contributed by atoms with Gasteiger partial charge in [0.05, 0.1) is 7.11 Å². The quantitative estimate of drug-likeness (QED) is 0.927. The number of rotatable bonds is 4. The molecule has 1 aromatic carbocycles. The minimum Gasteiger partial charge on any atom is -0.495 e. The van der Waals surface area contributed by atoms with Crippen LogP contribution >= 0.6 is 0 Å². The SMILES string of the molecule is COc1cccnc1C1(O)CC2CCCC(C1)N2Cc1ccccc1. The number of aliphatic hydroxyl groups is 1. The van der Waals surface area contributed by atoms with Gasteiger partial charge in [-0.25, -0.2) is 0 Å². The maximum Gasteiger partial charge on any atom is 0.143 e. The van der Waals surface area contributed by atoms with Gasteiger partial charge < -0.3 is 9.84 Å². The number of benzene rings is 1. The van der Waals surface area contributed by atoms with E-state index in [1.165, 1.54) is 12.0 Å². The number of hydrogen-bond acceptors (Lipinski definition) is 4. The van der Waals surface area contributed by atoms with Gasteiger partial charge in [0.1, 0.15) is 17.0 Å². The summed E-state index contributed by atoms with van der Waals surface area (Å²) in [6.45, 7) is 0.964. The van der Waals surface area contributed by atoms with E-state index in [9.17, 15) is 5.11 Å². The first-order chi connectivity index (χ1) is 12.2. The first kappa shape index (κ1) is 16.6. The molecule has 2 atom stereocenters. The van der Waals surface area contributed by atoms with Crippen molar-refractivity contribution in [2.45, 2.75) is 56.3 Å². The highest BCUT2D eigenvalue weighted by Gasteiger charge is 2.48. The Bertz CT molecular complexity index is 705. The van der Waals surface area contributed by atoms with Crippen molar-refractivity contribution in [2.24, 2.45) is 0 Å². The average Bonchev–Trinajstić information content (AvgIpc) is 2.63. The van der Waals surface area contributed by atoms with Crippen molar-refractivity contribution in [1.29, 1.82) is 0 Å². The summed E-state index contributed by atoms with van der Waals surface area (Å²) in [5, 5.41) is 11.5. The molecule has 0 spiro atoms. The topological polar surface area (TPSA) is 45.6 Å². The summed E-state index contributed by atoms with van der Waals surface area (Å²) in [5.74, 6) is 0.694. The van der Waals surface area contributed by atoms with Crippen molar-refractivity contribution in [1.82, 2.24) is 9.88 Å². The molecule has 4 heteroatoms. The summed E-state index contributed by atoms with van der Waals surface area (Å²) in [7, 11) is 1.65. The number of nitrogens with zero attached hydrogens (tertiary/aromatic N) is 2. The fraction of sp³-hybridized carbons (Fsp3) is 0.476. The predicted octanol–water partition coefficient (Wildman–Crippen LogP) is 3.49. The van der Waals surface area contributed by atoms with Gasteiger partial charge in [0.2, 0.25) is 0 Å². The van der Waals surface area contributed by atoms with Crippen LogP contribution in [-0.4, -0.2) is 34.2 Å². The fourth-order valence-corrected chi connectivity index (χ4v) is 4.67. The van der Waals surface area contributed by atoms with Crippen molar-refractivity contribution in [3.63, 3.8) is 0 Å². The van der Waals surface area contributed by atoms with Gasteiger partial charge in [-0.2, -0.15) is 0 Å². The van der Waals surface area contributed by atoms with Gasteiger partial charge in [0.15, 0.2) is 0 Å². The van der Waals surface area contributed by atoms with E-state index in [-0.39, 0.29) is 0 Å². The maximum atomic E-state index is 11.5. The maximum absolute atomic E-state index is 11.5. The van der Waals surface area contributed by atoms with Crippen LogP contribution in [-0.2, 0) is 12.1 Å². The molecule has 2 saturated heterocycles. The minimum absolute atomic E-state index is 0.393. The molecule has 2 aliphatic rings. The van der Waals surface area contributed by atoms with E-state index < -0.39 is 5.60 Å². The monoisotopic (exact) mass is 338 g/mol. The van der Waals surface area contributed by atoms with Crippen LogP contribution in [0.2, 0.25) is 0 Å². The zero-order valence-corrected chi connectivity index (χ0v) is 14.8. The third-order valence-electron chi connectivity index (χ3n) is 5.80. The second kappa shape index (κ2) is 6.77. The molecule has 2 aliphatic heterocycles. The molecule has 2 fully saturated rings. The molecule has 2 aromatic rings. The third kappa shape index (κ3) is 3.16. The molecule has 2 unspecified atom stereocenters. The second-order valence-electron chi connectivity index (χ2n) is 7.39. The van der Waals surface area contributed by atoms with Crippen LogP contribution in [0.3, 0.4) is 0 Å². The number of hydrogen-bond donors (Lipinski definition) is 1. The lowest BCUT2D eigenvalue weighted by Crippen LogP contribution is -2.56. The molecule has 4 rings (SSSR count). The van der Waals surface area contributed by atoms with E-state index >= 15 is 0 Å². The summed E-state index contributed by atoms with van der Waals surface area (Å²) in [4.78, 5) is 7.09. The molecule has 0 aliphatic carbocycles. The smallest absolute Gasteiger partial charge is 0.143 e. The van der Waals surface area contributed by atoms with Crippen LogP contribution in [0, 0.1) is 0 Å². The molecule has 1 N–H and O–H groups in total. The lowest BCUT2D eigenvalue weighted by molar-refractivity contribution is -0.103. The molecular formula is C21H26N2O2. The van der Waals surface area contributed by atoms with Gasteiger partial charge in [-0.05, 0) is 43.4 Å². The number of aromatic nitrogens is 1. The summed E-state index contributed by atoms with van der Waals surface area (Å²) in [5.41, 5.74) is 1.16. The van der Waals surface area contributed by atoms with E-state index in [0.29, 0.717) is 23.5 Å². The van der Waals surface area contributed by atoms with Crippen LogP contribution in [0.25, 0.3) is 0 Å². The molecule has 0 saturated carbocycles. The van der Waals surface area contributed by atoms with Gasteiger partial charge in [0, 0.05) is 24.8 Å². The zero-order chi connectivity index (χ0) is 17.3. The molecule has 3 heterocycles. The first-order valence-corrected chi connectivity index (χ1v) is 9.21. The summed E-state index contributed by atoms with van der Waals surface area (Å²) >= 11 is 0. The molecular weight excluding hydrogens is 312 g/mol. The summed E-state index contributed by atoms with van der Waals surface area (Å²) in [6.07, 6.45) is 6.73.